The van der Waals surface area contributed by atoms with Gasteiger partial charge in [0.2, 0.25) is 0 Å². The summed E-state index contributed by atoms with van der Waals surface area (Å²) in [7, 11) is 0. The number of nitrogens with zero attached hydrogens (tertiary/aromatic N) is 6. The fraction of sp³-hybridized carbons (Fsp3) is 0.582. The molecule has 99 heavy (non-hydrogen) atoms. The molecule has 8 heteroatoms. The molecule has 0 amide bonds. The molecule has 2 bridgehead atoms. The Bertz CT molecular complexity index is 3060. The Morgan fingerprint density at radius 2 is 0.687 bits per heavy atom. The molecule has 16 rings (SSSR count). The highest BCUT2D eigenvalue weighted by Gasteiger charge is 2.43. The predicted octanol–water partition coefficient (Wildman–Crippen LogP) is 25.5. The average molecular weight is 1350 g/mol. The zero-order valence-corrected chi connectivity index (χ0v) is 67.7. The van der Waals surface area contributed by atoms with Crippen LogP contribution in [0.5, 0.6) is 0 Å². The van der Waals surface area contributed by atoms with E-state index < -0.39 is 0 Å². The van der Waals surface area contributed by atoms with E-state index in [2.05, 4.69) is 295 Å². The van der Waals surface area contributed by atoms with Crippen molar-refractivity contribution in [3.63, 3.8) is 0 Å². The summed E-state index contributed by atoms with van der Waals surface area (Å²) < 4.78 is 0. The van der Waals surface area contributed by atoms with Crippen LogP contribution in [0.3, 0.4) is 0 Å². The molecule has 0 unspecified atom stereocenters. The molecule has 0 atom stereocenters. The van der Waals surface area contributed by atoms with E-state index in [4.69, 9.17) is 0 Å². The molecule has 4 heterocycles. The smallest absolute Gasteiger partial charge is 0.171 e. The zero-order chi connectivity index (χ0) is 73.8. The molecule has 0 radical (unpaired) electrons. The van der Waals surface area contributed by atoms with Crippen molar-refractivity contribution < 1.29 is 0 Å². The number of aryl methyl sites for hydroxylation is 13. The molecule has 1 saturated heterocycles. The van der Waals surface area contributed by atoms with Crippen LogP contribution in [0.2, 0.25) is 0 Å². The minimum atomic E-state index is 0.611. The number of pyridine rings is 1. The number of aromatic amines is 1. The summed E-state index contributed by atoms with van der Waals surface area (Å²) in [6, 6.07) is 42.5. The molecule has 0 spiro atoms. The maximum absolute atomic E-state index is 4.08. The lowest BCUT2D eigenvalue weighted by Gasteiger charge is -2.50. The maximum atomic E-state index is 4.08. The summed E-state index contributed by atoms with van der Waals surface area (Å²) in [5, 5.41) is 18.6. The van der Waals surface area contributed by atoms with Crippen LogP contribution in [0.15, 0.2) is 140 Å². The normalized spacial score (nSPS) is 21.9. The number of tetrazole rings is 1. The van der Waals surface area contributed by atoms with Gasteiger partial charge in [-0.3, -0.25) is 15.0 Å². The Labute approximate surface area is 607 Å². The average Bonchev–Trinajstić information content (AvgIpc) is 1.48. The zero-order valence-electron chi connectivity index (χ0n) is 67.7. The van der Waals surface area contributed by atoms with Gasteiger partial charge in [0.25, 0.3) is 0 Å². The number of fused-ring (bicyclic) bond motifs is 4. The van der Waals surface area contributed by atoms with Crippen molar-refractivity contribution in [1.29, 1.82) is 0 Å². The minimum Gasteiger partial charge on any atom is -0.316 e. The Hall–Kier alpha value is -6.38. The number of hydrogen-bond donors (Lipinski definition) is 2. The van der Waals surface area contributed by atoms with Crippen LogP contribution in [0.1, 0.15) is 265 Å². The van der Waals surface area contributed by atoms with Crippen LogP contribution in [-0.2, 0) is 0 Å². The van der Waals surface area contributed by atoms with Gasteiger partial charge in [0.1, 0.15) is 0 Å². The Kier molecular flexibility index (Phi) is 38.7. The Morgan fingerprint density at radius 1 is 0.343 bits per heavy atom. The molecule has 546 valence electrons. The SMILES string of the molecule is CC1(C)CC1.CC1(C)CCC1.CC1(C)CNC1.CC12CCC(C)(CC1)CC2.CC1CC(C)C1.CC1CCC(C)CC1.Cc1ccc(C)cc1.Cc1ccc(C)nc1.Cc1ccc2cc(C)ccc2c1.Cc1cccc(C)c1.Cc1ccccc1C.Cc1cnc(C)cn1.Cc1nn[nH]n1. The van der Waals surface area contributed by atoms with Crippen LogP contribution in [0.4, 0.5) is 0 Å². The molecule has 8 aromatic rings. The van der Waals surface area contributed by atoms with Crippen molar-refractivity contribution in [3.8, 4) is 0 Å². The van der Waals surface area contributed by atoms with E-state index in [-0.39, 0.29) is 0 Å². The third kappa shape index (κ3) is 41.2. The monoisotopic (exact) mass is 1350 g/mol. The van der Waals surface area contributed by atoms with Gasteiger partial charge >= 0.3 is 0 Å². The molecule has 8 nitrogen and oxygen atoms in total. The van der Waals surface area contributed by atoms with E-state index in [9.17, 15) is 0 Å². The molecule has 2 N–H and O–H groups in total. The van der Waals surface area contributed by atoms with Gasteiger partial charge in [-0.2, -0.15) is 5.21 Å². The van der Waals surface area contributed by atoms with Gasteiger partial charge in [-0.15, -0.1) is 10.2 Å². The van der Waals surface area contributed by atoms with E-state index >= 15 is 0 Å². The van der Waals surface area contributed by atoms with E-state index in [1.165, 1.54) is 183 Å². The van der Waals surface area contributed by atoms with Crippen molar-refractivity contribution in [2.24, 2.45) is 50.7 Å². The van der Waals surface area contributed by atoms with Gasteiger partial charge in [0.05, 0.1) is 11.4 Å². The number of hydrogen-bond acceptors (Lipinski definition) is 7. The number of H-pyrrole nitrogens is 1. The second-order valence-electron chi connectivity index (χ2n) is 34.1. The van der Waals surface area contributed by atoms with Gasteiger partial charge in [-0.1, -0.05) is 269 Å². The highest BCUT2D eigenvalue weighted by molar-refractivity contribution is 5.83. The molecule has 7 aliphatic carbocycles. The first-order chi connectivity index (χ1) is 46.4. The predicted molar refractivity (Wildman–Crippen MR) is 431 cm³/mol. The summed E-state index contributed by atoms with van der Waals surface area (Å²) in [4.78, 5) is 12.1. The summed E-state index contributed by atoms with van der Waals surface area (Å²) in [6.45, 7) is 57.0. The molecule has 8 aliphatic rings. The second-order valence-corrected chi connectivity index (χ2v) is 34.1. The third-order valence-corrected chi connectivity index (χ3v) is 20.5. The summed E-state index contributed by atoms with van der Waals surface area (Å²) >= 11 is 0. The standard InChI is InChI=1S/C12H12.C10H18.C8H16.3C8H10.C7H9N.C6H8N2.2C6H12.C5H11N.C5H10.C2H4N4/c1-9-3-5-12-8-10(2)4-6-11(12)7-9;1-9-3-6-10(2,7-4-9)8-5-9;2*1-7-3-5-8(2)6-4-7;1-7-4-3-5-8(2)6-7;1-7-5-3-4-6-8(7)2;1-6-3-4-7(2)8-5-6;1-5-3-8-6(2)4-7-5;1-5-3-6(2)4-5;1-6(2)4-3-5-6;1-5(2)3-6-4-5;1-5(2)3-4-5;1-2-3-5-6-4-2/h3-8H,1-2H3;3-8H2,1-2H3;7-8H,3-6H2,1-2H3;3*3-6H,1-2H3;3-5H,1-2H3;3-4H,1-2H3;5-6H,3-4H2,1-2H3;3-5H2,1-2H3;6H,3-4H2,1-2H3;3-4H2,1-2H3;1H3,(H,3,4,5,6). The van der Waals surface area contributed by atoms with Crippen molar-refractivity contribution in [1.82, 2.24) is 40.9 Å². The summed E-state index contributed by atoms with van der Waals surface area (Å²) in [6.07, 6.45) is 30.5. The Morgan fingerprint density at radius 3 is 0.899 bits per heavy atom. The largest absolute Gasteiger partial charge is 0.316 e. The number of rotatable bonds is 0. The molecule has 3 aromatic heterocycles. The van der Waals surface area contributed by atoms with Crippen molar-refractivity contribution in [2.75, 3.05) is 13.1 Å². The second kappa shape index (κ2) is 44.1. The fourth-order valence-corrected chi connectivity index (χ4v) is 11.9. The van der Waals surface area contributed by atoms with Crippen LogP contribution < -0.4 is 5.32 Å². The lowest BCUT2D eigenvalue weighted by atomic mass is 9.55. The van der Waals surface area contributed by atoms with Gasteiger partial charge in [0, 0.05) is 37.4 Å². The third-order valence-electron chi connectivity index (χ3n) is 20.5. The lowest BCUT2D eigenvalue weighted by molar-refractivity contribution is 0.0164. The number of nitrogens with one attached hydrogen (secondary N) is 2. The van der Waals surface area contributed by atoms with Crippen LogP contribution in [0.25, 0.3) is 10.8 Å². The van der Waals surface area contributed by atoms with Gasteiger partial charge in [0.15, 0.2) is 5.82 Å². The van der Waals surface area contributed by atoms with Crippen molar-refractivity contribution in [3.05, 3.63) is 213 Å². The van der Waals surface area contributed by atoms with E-state index in [1.807, 2.05) is 40.0 Å². The van der Waals surface area contributed by atoms with Crippen molar-refractivity contribution in [2.45, 2.75) is 282 Å². The van der Waals surface area contributed by atoms with Crippen LogP contribution in [0, 0.1) is 141 Å². The molecular formula is C91H142N8. The molecule has 7 saturated carbocycles. The Balaban J connectivity index is 0.000000281. The lowest BCUT2D eigenvalue weighted by Crippen LogP contribution is -2.49. The molecule has 1 aliphatic heterocycles. The van der Waals surface area contributed by atoms with E-state index in [1.54, 1.807) is 19.3 Å². The first kappa shape index (κ1) is 86.8. The topological polar surface area (TPSA) is 105 Å². The van der Waals surface area contributed by atoms with Crippen LogP contribution >= 0.6 is 0 Å². The molecule has 5 aromatic carbocycles. The number of benzene rings is 5. The first-order valence-electron chi connectivity index (χ1n) is 38.0. The fourth-order valence-electron chi connectivity index (χ4n) is 11.9. The van der Waals surface area contributed by atoms with Crippen molar-refractivity contribution >= 4 is 10.8 Å². The summed E-state index contributed by atoms with van der Waals surface area (Å²) in [5.41, 5.74) is 18.6. The number of aromatic nitrogens is 7. The molecule has 8 fully saturated rings. The maximum Gasteiger partial charge on any atom is 0.171 e. The van der Waals surface area contributed by atoms with Gasteiger partial charge in [-0.05, 0) is 251 Å². The van der Waals surface area contributed by atoms with Gasteiger partial charge < -0.3 is 5.32 Å². The summed E-state index contributed by atoms with van der Waals surface area (Å²) in [5.74, 6) is 4.80. The van der Waals surface area contributed by atoms with E-state index in [0.29, 0.717) is 11.2 Å². The minimum absolute atomic E-state index is 0.611. The molecular weight excluding hydrogens is 1210 g/mol. The van der Waals surface area contributed by atoms with E-state index in [0.717, 1.165) is 62.4 Å². The highest BCUT2D eigenvalue weighted by atomic mass is 15.5. The van der Waals surface area contributed by atoms with Crippen LogP contribution in [-0.4, -0.2) is 48.7 Å². The highest BCUT2D eigenvalue weighted by Crippen LogP contribution is 2.56. The first-order valence-corrected chi connectivity index (χ1v) is 38.0. The quantitative estimate of drug-likeness (QED) is 0.156. The van der Waals surface area contributed by atoms with Gasteiger partial charge in [-0.25, -0.2) is 0 Å².